The molecule has 3 rings (SSSR count). The van der Waals surface area contributed by atoms with Crippen molar-refractivity contribution in [2.75, 3.05) is 0 Å². The van der Waals surface area contributed by atoms with E-state index in [9.17, 15) is 9.59 Å². The van der Waals surface area contributed by atoms with Gasteiger partial charge in [-0.1, -0.05) is 49.4 Å². The summed E-state index contributed by atoms with van der Waals surface area (Å²) in [7, 11) is 0. The molecule has 6 heteroatoms. The van der Waals surface area contributed by atoms with Crippen molar-refractivity contribution in [1.82, 2.24) is 10.6 Å². The van der Waals surface area contributed by atoms with E-state index in [1.807, 2.05) is 25.1 Å². The number of rotatable bonds is 5. The maximum atomic E-state index is 12.7. The lowest BCUT2D eigenvalue weighted by molar-refractivity contribution is 0.0801. The van der Waals surface area contributed by atoms with E-state index in [2.05, 4.69) is 10.6 Å². The van der Waals surface area contributed by atoms with Gasteiger partial charge in [0.25, 0.3) is 11.8 Å². The lowest BCUT2D eigenvalue weighted by atomic mass is 9.85. The van der Waals surface area contributed by atoms with Gasteiger partial charge in [0.05, 0.1) is 0 Å². The number of nitrogens with two attached hydrogens (primary N) is 2. The fraction of sp³-hybridized carbons (Fsp3) is 0.182. The van der Waals surface area contributed by atoms with Crippen LogP contribution in [-0.4, -0.2) is 23.1 Å². The van der Waals surface area contributed by atoms with Gasteiger partial charge in [0.2, 0.25) is 0 Å². The summed E-state index contributed by atoms with van der Waals surface area (Å²) >= 11 is 0. The van der Waals surface area contributed by atoms with Gasteiger partial charge in [0.15, 0.2) is 0 Å². The third kappa shape index (κ3) is 3.88. The molecule has 1 aliphatic carbocycles. The summed E-state index contributed by atoms with van der Waals surface area (Å²) in [5, 5.41) is 5.57. The molecule has 0 aliphatic heterocycles. The van der Waals surface area contributed by atoms with Gasteiger partial charge < -0.3 is 22.1 Å². The fourth-order valence-electron chi connectivity index (χ4n) is 3.04. The monoisotopic (exact) mass is 376 g/mol. The molecule has 144 valence electrons. The highest BCUT2D eigenvalue weighted by molar-refractivity contribution is 5.96. The summed E-state index contributed by atoms with van der Waals surface area (Å²) < 4.78 is 0. The van der Waals surface area contributed by atoms with E-state index in [4.69, 9.17) is 11.5 Å². The molecule has 0 heterocycles. The molecule has 0 spiro atoms. The Morgan fingerprint density at radius 2 is 1.29 bits per heavy atom. The molecule has 2 aromatic carbocycles. The van der Waals surface area contributed by atoms with Crippen molar-refractivity contribution in [1.29, 1.82) is 0 Å². The van der Waals surface area contributed by atoms with E-state index in [-0.39, 0.29) is 11.8 Å². The highest BCUT2D eigenvalue weighted by atomic mass is 16.2. The second-order valence-electron chi connectivity index (χ2n) is 6.78. The Morgan fingerprint density at radius 3 is 1.75 bits per heavy atom. The smallest absolute Gasteiger partial charge is 0.253 e. The molecule has 1 aliphatic rings. The Bertz CT molecular complexity index is 924. The second kappa shape index (κ2) is 7.80. The van der Waals surface area contributed by atoms with Gasteiger partial charge in [-0.25, -0.2) is 0 Å². The number of hydrogen-bond donors (Lipinski definition) is 4. The van der Waals surface area contributed by atoms with E-state index in [0.717, 1.165) is 5.57 Å². The number of benzene rings is 2. The molecular formula is C22H24N4O2. The Morgan fingerprint density at radius 1 is 0.821 bits per heavy atom. The molecule has 0 saturated carbocycles. The molecule has 2 atom stereocenters. The van der Waals surface area contributed by atoms with E-state index < -0.39 is 11.3 Å². The highest BCUT2D eigenvalue weighted by Gasteiger charge is 2.47. The van der Waals surface area contributed by atoms with E-state index >= 15 is 0 Å². The summed E-state index contributed by atoms with van der Waals surface area (Å²) in [5.74, 6) is -0.765. The lowest BCUT2D eigenvalue weighted by Gasteiger charge is -2.45. The number of amides is 2. The highest BCUT2D eigenvalue weighted by Crippen LogP contribution is 2.26. The van der Waals surface area contributed by atoms with Gasteiger partial charge >= 0.3 is 0 Å². The first kappa shape index (κ1) is 19.5. The molecule has 0 bridgehead atoms. The SMILES string of the molecule is CCC1=CC(N)(NC(=O)c2ccccc2)C(N)(NC(=O)c2ccccc2)C=C1. The van der Waals surface area contributed by atoms with Crippen molar-refractivity contribution < 1.29 is 9.59 Å². The average molecular weight is 376 g/mol. The first-order valence-electron chi connectivity index (χ1n) is 9.11. The van der Waals surface area contributed by atoms with Crippen LogP contribution in [0.1, 0.15) is 34.1 Å². The zero-order valence-corrected chi connectivity index (χ0v) is 15.7. The van der Waals surface area contributed by atoms with Crippen LogP contribution in [0, 0.1) is 0 Å². The van der Waals surface area contributed by atoms with Crippen molar-refractivity contribution in [2.24, 2.45) is 11.5 Å². The summed E-state index contributed by atoms with van der Waals surface area (Å²) in [6, 6.07) is 17.4. The number of carbonyl (C=O) groups is 2. The van der Waals surface area contributed by atoms with Crippen LogP contribution in [0.5, 0.6) is 0 Å². The van der Waals surface area contributed by atoms with Crippen molar-refractivity contribution in [2.45, 2.75) is 24.7 Å². The van der Waals surface area contributed by atoms with Gasteiger partial charge in [-0.15, -0.1) is 0 Å². The van der Waals surface area contributed by atoms with Gasteiger partial charge in [-0.2, -0.15) is 0 Å². The molecule has 0 fully saturated rings. The van der Waals surface area contributed by atoms with Gasteiger partial charge in [0.1, 0.15) is 11.3 Å². The van der Waals surface area contributed by atoms with Crippen LogP contribution >= 0.6 is 0 Å². The zero-order valence-electron chi connectivity index (χ0n) is 15.7. The van der Waals surface area contributed by atoms with Gasteiger partial charge in [-0.3, -0.25) is 9.59 Å². The topological polar surface area (TPSA) is 110 Å². The average Bonchev–Trinajstić information content (AvgIpc) is 2.71. The summed E-state index contributed by atoms with van der Waals surface area (Å²) in [6.45, 7) is 1.97. The molecule has 0 aromatic heterocycles. The number of allylic oxidation sites excluding steroid dienone is 2. The van der Waals surface area contributed by atoms with Crippen LogP contribution in [0.15, 0.2) is 84.5 Å². The quantitative estimate of drug-likeness (QED) is 0.599. The van der Waals surface area contributed by atoms with Crippen molar-refractivity contribution >= 4 is 11.8 Å². The molecule has 28 heavy (non-hydrogen) atoms. The maximum absolute atomic E-state index is 12.7. The van der Waals surface area contributed by atoms with Crippen LogP contribution in [0.2, 0.25) is 0 Å². The Balaban J connectivity index is 1.91. The van der Waals surface area contributed by atoms with Crippen molar-refractivity contribution in [3.05, 3.63) is 95.6 Å². The van der Waals surface area contributed by atoms with Crippen LogP contribution in [0.25, 0.3) is 0 Å². The molecule has 2 amide bonds. The first-order valence-corrected chi connectivity index (χ1v) is 9.11. The predicted octanol–water partition coefficient (Wildman–Crippen LogP) is 2.06. The van der Waals surface area contributed by atoms with Crippen molar-refractivity contribution in [3.63, 3.8) is 0 Å². The van der Waals surface area contributed by atoms with Crippen LogP contribution < -0.4 is 22.1 Å². The van der Waals surface area contributed by atoms with Crippen LogP contribution in [0.3, 0.4) is 0 Å². The predicted molar refractivity (Wildman–Crippen MR) is 109 cm³/mol. The molecule has 2 unspecified atom stereocenters. The minimum atomic E-state index is -1.51. The number of hydrogen-bond acceptors (Lipinski definition) is 4. The molecule has 0 radical (unpaired) electrons. The number of carbonyl (C=O) groups excluding carboxylic acids is 2. The third-order valence-electron chi connectivity index (χ3n) is 4.78. The van der Waals surface area contributed by atoms with Crippen LogP contribution in [0.4, 0.5) is 0 Å². The van der Waals surface area contributed by atoms with Gasteiger partial charge in [0, 0.05) is 11.1 Å². The normalized spacial score (nSPS) is 23.6. The summed E-state index contributed by atoms with van der Waals surface area (Å²) in [6.07, 6.45) is 5.83. The van der Waals surface area contributed by atoms with Crippen molar-refractivity contribution in [3.8, 4) is 0 Å². The lowest BCUT2D eigenvalue weighted by Crippen LogP contribution is -2.79. The minimum absolute atomic E-state index is 0.381. The molecule has 6 N–H and O–H groups in total. The molecule has 0 saturated heterocycles. The number of nitrogens with one attached hydrogen (secondary N) is 2. The third-order valence-corrected chi connectivity index (χ3v) is 4.78. The van der Waals surface area contributed by atoms with E-state index in [1.54, 1.807) is 60.7 Å². The zero-order chi connectivity index (χ0) is 20.2. The largest absolute Gasteiger partial charge is 0.327 e. The summed E-state index contributed by atoms with van der Waals surface area (Å²) in [5.41, 5.74) is 11.9. The van der Waals surface area contributed by atoms with E-state index in [0.29, 0.717) is 17.5 Å². The standard InChI is InChI=1S/C22H24N4O2/c1-2-16-13-14-21(23,25-19(27)17-9-5-3-6-10-17)22(24,15-16)26-20(28)18-11-7-4-8-12-18/h3-15H,2,23-24H2,1H3,(H,25,27)(H,26,28). The van der Waals surface area contributed by atoms with Gasteiger partial charge in [-0.05, 0) is 48.4 Å². The molecule has 2 aromatic rings. The molecular weight excluding hydrogens is 352 g/mol. The minimum Gasteiger partial charge on any atom is -0.327 e. The Hall–Kier alpha value is -3.22. The summed E-state index contributed by atoms with van der Waals surface area (Å²) in [4.78, 5) is 25.4. The molecule has 6 nitrogen and oxygen atoms in total. The van der Waals surface area contributed by atoms with Crippen LogP contribution in [-0.2, 0) is 0 Å². The van der Waals surface area contributed by atoms with E-state index in [1.165, 1.54) is 0 Å². The second-order valence-corrected chi connectivity index (χ2v) is 6.78. The Labute approximate surface area is 164 Å². The maximum Gasteiger partial charge on any atom is 0.253 e. The Kier molecular flexibility index (Phi) is 5.44. The fourth-order valence-corrected chi connectivity index (χ4v) is 3.04. The first-order chi connectivity index (χ1) is 13.4.